The number of aryl methyl sites for hydroxylation is 1. The second-order valence-corrected chi connectivity index (χ2v) is 6.84. The number of nitrogens with one attached hydrogen (secondary N) is 1. The van der Waals surface area contributed by atoms with Crippen LogP contribution in [0.5, 0.6) is 0 Å². The lowest BCUT2D eigenvalue weighted by atomic mass is 9.85. The molecule has 2 aromatic rings. The van der Waals surface area contributed by atoms with E-state index < -0.39 is 0 Å². The fourth-order valence-corrected chi connectivity index (χ4v) is 4.34. The maximum absolute atomic E-state index is 12.2. The lowest BCUT2D eigenvalue weighted by Gasteiger charge is -2.36. The Bertz CT molecular complexity index is 734. The Kier molecular flexibility index (Phi) is 2.93. The highest BCUT2D eigenvalue weighted by atomic mass is 16.1. The van der Waals surface area contributed by atoms with Gasteiger partial charge in [0.25, 0.3) is 0 Å². The molecule has 21 heavy (non-hydrogen) atoms. The van der Waals surface area contributed by atoms with E-state index in [1.165, 1.54) is 31.2 Å². The van der Waals surface area contributed by atoms with Crippen molar-refractivity contribution in [3.8, 4) is 0 Å². The van der Waals surface area contributed by atoms with Crippen molar-refractivity contribution in [3.05, 3.63) is 45.7 Å². The van der Waals surface area contributed by atoms with E-state index in [0.29, 0.717) is 5.92 Å². The summed E-state index contributed by atoms with van der Waals surface area (Å²) in [5.74, 6) is 0.615. The monoisotopic (exact) mass is 282 g/mol. The molecular formula is C18H22N2O. The van der Waals surface area contributed by atoms with Gasteiger partial charge in [-0.3, -0.25) is 4.79 Å². The predicted octanol–water partition coefficient (Wildman–Crippen LogP) is 3.18. The number of piperidine rings is 1. The van der Waals surface area contributed by atoms with Crippen LogP contribution in [0, 0.1) is 6.92 Å². The summed E-state index contributed by atoms with van der Waals surface area (Å²) in [5, 5.41) is 0.837. The van der Waals surface area contributed by atoms with E-state index >= 15 is 0 Å². The van der Waals surface area contributed by atoms with Crippen molar-refractivity contribution in [2.75, 3.05) is 7.05 Å². The van der Waals surface area contributed by atoms with Gasteiger partial charge in [0.1, 0.15) is 0 Å². The molecule has 0 spiro atoms. The zero-order valence-corrected chi connectivity index (χ0v) is 12.7. The zero-order chi connectivity index (χ0) is 14.6. The Morgan fingerprint density at radius 2 is 1.86 bits per heavy atom. The van der Waals surface area contributed by atoms with Crippen molar-refractivity contribution in [2.24, 2.45) is 0 Å². The number of benzene rings is 1. The summed E-state index contributed by atoms with van der Waals surface area (Å²) in [6, 6.07) is 9.60. The van der Waals surface area contributed by atoms with Gasteiger partial charge in [-0.25, -0.2) is 0 Å². The first-order chi connectivity index (χ1) is 10.1. The number of aromatic nitrogens is 1. The fourth-order valence-electron chi connectivity index (χ4n) is 4.34. The first kappa shape index (κ1) is 13.1. The Morgan fingerprint density at radius 1 is 1.14 bits per heavy atom. The standard InChI is InChI=1S/C18H22N2O/c1-11-7-18(21)16-10-12(3-6-17(16)19-11)13-8-14-4-5-15(9-13)20(14)2/h3,6-7,10,13-15H,4-5,8-9H2,1-2H3,(H,19,21). The second-order valence-electron chi connectivity index (χ2n) is 6.84. The molecule has 3 heterocycles. The maximum atomic E-state index is 12.2. The first-order valence-corrected chi connectivity index (χ1v) is 7.97. The van der Waals surface area contributed by atoms with Gasteiger partial charge in [-0.2, -0.15) is 0 Å². The topological polar surface area (TPSA) is 36.1 Å². The van der Waals surface area contributed by atoms with Crippen molar-refractivity contribution >= 4 is 10.9 Å². The SMILES string of the molecule is Cc1cc(=O)c2cc(C3CC4CCC(C3)N4C)ccc2[nH]1. The van der Waals surface area contributed by atoms with E-state index in [2.05, 4.69) is 35.1 Å². The Balaban J connectivity index is 1.73. The maximum Gasteiger partial charge on any atom is 0.189 e. The fraction of sp³-hybridized carbons (Fsp3) is 0.500. The van der Waals surface area contributed by atoms with Crippen LogP contribution in [0.15, 0.2) is 29.1 Å². The van der Waals surface area contributed by atoms with Crippen LogP contribution in [0.4, 0.5) is 0 Å². The molecule has 2 aliphatic heterocycles. The summed E-state index contributed by atoms with van der Waals surface area (Å²) in [6.45, 7) is 1.93. The van der Waals surface area contributed by atoms with Gasteiger partial charge in [-0.15, -0.1) is 0 Å². The highest BCUT2D eigenvalue weighted by Crippen LogP contribution is 2.42. The van der Waals surface area contributed by atoms with E-state index in [-0.39, 0.29) is 5.43 Å². The zero-order valence-electron chi connectivity index (χ0n) is 12.7. The van der Waals surface area contributed by atoms with Crippen LogP contribution in [0.25, 0.3) is 10.9 Å². The van der Waals surface area contributed by atoms with Crippen LogP contribution in [-0.2, 0) is 0 Å². The normalized spacial score (nSPS) is 29.1. The molecule has 0 saturated carbocycles. The molecule has 2 aliphatic rings. The molecule has 1 aromatic heterocycles. The minimum atomic E-state index is 0.138. The van der Waals surface area contributed by atoms with Crippen LogP contribution in [-0.4, -0.2) is 29.0 Å². The van der Waals surface area contributed by atoms with Crippen molar-refractivity contribution < 1.29 is 0 Å². The van der Waals surface area contributed by atoms with E-state index in [1.807, 2.05) is 6.92 Å². The number of nitrogens with zero attached hydrogens (tertiary/aromatic N) is 1. The van der Waals surface area contributed by atoms with Gasteiger partial charge in [-0.1, -0.05) is 6.07 Å². The van der Waals surface area contributed by atoms with Crippen LogP contribution in [0.2, 0.25) is 0 Å². The summed E-state index contributed by atoms with van der Waals surface area (Å²) in [5.41, 5.74) is 3.37. The Labute approximate surface area is 125 Å². The lowest BCUT2D eigenvalue weighted by molar-refractivity contribution is 0.162. The molecule has 3 heteroatoms. The van der Waals surface area contributed by atoms with Crippen LogP contribution >= 0.6 is 0 Å². The molecule has 2 unspecified atom stereocenters. The van der Waals surface area contributed by atoms with Gasteiger partial charge >= 0.3 is 0 Å². The molecule has 0 aliphatic carbocycles. The molecule has 2 fully saturated rings. The van der Waals surface area contributed by atoms with Gasteiger partial charge in [0.2, 0.25) is 0 Å². The molecule has 4 rings (SSSR count). The molecular weight excluding hydrogens is 260 g/mol. The second kappa shape index (κ2) is 4.70. The Morgan fingerprint density at radius 3 is 2.57 bits per heavy atom. The number of fused-ring (bicyclic) bond motifs is 3. The minimum absolute atomic E-state index is 0.138. The largest absolute Gasteiger partial charge is 0.358 e. The molecule has 0 amide bonds. The third-order valence-electron chi connectivity index (χ3n) is 5.56. The van der Waals surface area contributed by atoms with Crippen LogP contribution < -0.4 is 5.43 Å². The molecule has 2 atom stereocenters. The van der Waals surface area contributed by atoms with E-state index in [9.17, 15) is 4.79 Å². The van der Waals surface area contributed by atoms with Gasteiger partial charge in [0, 0.05) is 34.7 Å². The summed E-state index contributed by atoms with van der Waals surface area (Å²) in [4.78, 5) is 18.1. The van der Waals surface area contributed by atoms with Crippen molar-refractivity contribution in [2.45, 2.75) is 50.6 Å². The molecule has 2 bridgehead atoms. The summed E-state index contributed by atoms with van der Waals surface area (Å²) in [7, 11) is 2.27. The first-order valence-electron chi connectivity index (χ1n) is 7.97. The van der Waals surface area contributed by atoms with E-state index in [0.717, 1.165) is 28.7 Å². The van der Waals surface area contributed by atoms with Crippen LogP contribution in [0.3, 0.4) is 0 Å². The molecule has 0 radical (unpaired) electrons. The quantitative estimate of drug-likeness (QED) is 0.872. The third kappa shape index (κ3) is 2.11. The molecule has 1 aromatic carbocycles. The number of hydrogen-bond acceptors (Lipinski definition) is 2. The third-order valence-corrected chi connectivity index (χ3v) is 5.56. The number of aromatic amines is 1. The molecule has 110 valence electrons. The minimum Gasteiger partial charge on any atom is -0.358 e. The molecule has 2 saturated heterocycles. The van der Waals surface area contributed by atoms with E-state index in [1.54, 1.807) is 6.07 Å². The van der Waals surface area contributed by atoms with Crippen molar-refractivity contribution in [1.29, 1.82) is 0 Å². The number of rotatable bonds is 1. The van der Waals surface area contributed by atoms with Crippen LogP contribution in [0.1, 0.15) is 42.9 Å². The van der Waals surface area contributed by atoms with Crippen molar-refractivity contribution in [3.63, 3.8) is 0 Å². The highest BCUT2D eigenvalue weighted by Gasteiger charge is 2.38. The van der Waals surface area contributed by atoms with Gasteiger partial charge in [-0.05, 0) is 63.3 Å². The molecule has 1 N–H and O–H groups in total. The lowest BCUT2D eigenvalue weighted by Crippen LogP contribution is -2.39. The Hall–Kier alpha value is -1.61. The number of pyridine rings is 1. The van der Waals surface area contributed by atoms with E-state index in [4.69, 9.17) is 0 Å². The summed E-state index contributed by atoms with van der Waals surface area (Å²) >= 11 is 0. The average Bonchev–Trinajstić information content (AvgIpc) is 2.69. The highest BCUT2D eigenvalue weighted by molar-refractivity contribution is 5.79. The predicted molar refractivity (Wildman–Crippen MR) is 85.9 cm³/mol. The average molecular weight is 282 g/mol. The summed E-state index contributed by atoms with van der Waals surface area (Å²) in [6.07, 6.45) is 5.15. The van der Waals surface area contributed by atoms with Gasteiger partial charge < -0.3 is 9.88 Å². The summed E-state index contributed by atoms with van der Waals surface area (Å²) < 4.78 is 0. The van der Waals surface area contributed by atoms with Gasteiger partial charge in [0.15, 0.2) is 5.43 Å². The van der Waals surface area contributed by atoms with Crippen molar-refractivity contribution in [1.82, 2.24) is 9.88 Å². The number of H-pyrrole nitrogens is 1. The molecule has 3 nitrogen and oxygen atoms in total. The smallest absolute Gasteiger partial charge is 0.189 e. The van der Waals surface area contributed by atoms with Gasteiger partial charge in [0.05, 0.1) is 0 Å². The number of hydrogen-bond donors (Lipinski definition) is 1.